The molecule has 1 aromatic rings. The molecule has 1 rings (SSSR count). The van der Waals surface area contributed by atoms with E-state index in [1.54, 1.807) is 33.8 Å². The highest BCUT2D eigenvalue weighted by atomic mass is 16.8. The third-order valence-electron chi connectivity index (χ3n) is 6.10. The second-order valence-corrected chi connectivity index (χ2v) is 10.1. The fourth-order valence-electron chi connectivity index (χ4n) is 3.62. The molecule has 0 aliphatic carbocycles. The number of carbonyl (C=O) groups excluding carboxylic acids is 4. The quantitative estimate of drug-likeness (QED) is 0.0933. The van der Waals surface area contributed by atoms with Crippen molar-refractivity contribution in [1.82, 2.24) is 0 Å². The van der Waals surface area contributed by atoms with E-state index in [9.17, 15) is 19.2 Å². The second-order valence-electron chi connectivity index (χ2n) is 10.1. The molecule has 0 radical (unpaired) electrons. The molecule has 5 atom stereocenters. The maximum atomic E-state index is 12.7. The summed E-state index contributed by atoms with van der Waals surface area (Å²) in [5.41, 5.74) is 6.57. The van der Waals surface area contributed by atoms with Gasteiger partial charge in [0.2, 0.25) is 0 Å². The minimum atomic E-state index is -1.10. The van der Waals surface area contributed by atoms with Crippen LogP contribution in [0.4, 0.5) is 14.4 Å². The van der Waals surface area contributed by atoms with Gasteiger partial charge in [-0.1, -0.05) is 46.1 Å². The highest BCUT2D eigenvalue weighted by molar-refractivity contribution is 5.76. The van der Waals surface area contributed by atoms with E-state index in [4.69, 9.17) is 38.9 Å². The van der Waals surface area contributed by atoms with Crippen molar-refractivity contribution in [2.75, 3.05) is 6.61 Å². The first kappa shape index (κ1) is 36.5. The molecular formula is C30H47NO11. The summed E-state index contributed by atoms with van der Waals surface area (Å²) in [4.78, 5) is 49.2. The summed E-state index contributed by atoms with van der Waals surface area (Å²) in [7, 11) is 0. The molecule has 12 heteroatoms. The van der Waals surface area contributed by atoms with Gasteiger partial charge in [0.25, 0.3) is 0 Å². The van der Waals surface area contributed by atoms with E-state index in [1.807, 2.05) is 20.8 Å². The van der Waals surface area contributed by atoms with Gasteiger partial charge in [-0.3, -0.25) is 4.79 Å². The monoisotopic (exact) mass is 597 g/mol. The van der Waals surface area contributed by atoms with Crippen LogP contribution in [0.25, 0.3) is 0 Å². The van der Waals surface area contributed by atoms with Crippen LogP contribution >= 0.6 is 0 Å². The lowest BCUT2D eigenvalue weighted by molar-refractivity contribution is -0.155. The number of benzene rings is 1. The fourth-order valence-corrected chi connectivity index (χ4v) is 3.62. The van der Waals surface area contributed by atoms with Crippen LogP contribution in [0, 0.1) is 0 Å². The zero-order valence-corrected chi connectivity index (χ0v) is 25.8. The predicted molar refractivity (Wildman–Crippen MR) is 153 cm³/mol. The molecule has 0 fully saturated rings. The molecule has 0 aliphatic rings. The summed E-state index contributed by atoms with van der Waals surface area (Å²) in [6.07, 6.45) is -0.605. The van der Waals surface area contributed by atoms with E-state index < -0.39 is 42.7 Å². The summed E-state index contributed by atoms with van der Waals surface area (Å²) in [6.45, 7) is 12.7. The summed E-state index contributed by atoms with van der Waals surface area (Å²) in [5.74, 6) is -0.922. The first-order valence-electron chi connectivity index (χ1n) is 14.6. The van der Waals surface area contributed by atoms with Crippen LogP contribution in [0.3, 0.4) is 0 Å². The number of rotatable bonds is 17. The van der Waals surface area contributed by atoms with Crippen molar-refractivity contribution in [2.24, 2.45) is 5.73 Å². The minimum absolute atomic E-state index is 0.00421. The van der Waals surface area contributed by atoms with Gasteiger partial charge >= 0.3 is 24.4 Å². The van der Waals surface area contributed by atoms with Crippen molar-refractivity contribution in [3.63, 3.8) is 0 Å². The largest absolute Gasteiger partial charge is 0.514 e. The van der Waals surface area contributed by atoms with Crippen molar-refractivity contribution < 1.29 is 52.3 Å². The Kier molecular flexibility index (Phi) is 17.0. The zero-order chi connectivity index (χ0) is 31.7. The molecule has 1 aromatic carbocycles. The van der Waals surface area contributed by atoms with Crippen molar-refractivity contribution >= 4 is 24.4 Å². The molecule has 0 aliphatic heterocycles. The van der Waals surface area contributed by atoms with Gasteiger partial charge in [-0.05, 0) is 71.1 Å². The van der Waals surface area contributed by atoms with E-state index in [-0.39, 0.29) is 36.7 Å². The van der Waals surface area contributed by atoms with Gasteiger partial charge in [0, 0.05) is 0 Å². The third kappa shape index (κ3) is 14.4. The molecule has 2 N–H and O–H groups in total. The lowest BCUT2D eigenvalue weighted by Gasteiger charge is -2.22. The summed E-state index contributed by atoms with van der Waals surface area (Å²) >= 11 is 0. The molecule has 0 aromatic heterocycles. The number of esters is 1. The van der Waals surface area contributed by atoms with Gasteiger partial charge in [0.1, 0.15) is 30.5 Å². The maximum Gasteiger partial charge on any atom is 0.514 e. The normalized spacial score (nSPS) is 14.4. The van der Waals surface area contributed by atoms with Gasteiger partial charge in [-0.15, -0.1) is 0 Å². The summed E-state index contributed by atoms with van der Waals surface area (Å²) in [6, 6.07) is 3.27. The Morgan fingerprint density at radius 1 is 0.714 bits per heavy atom. The molecule has 0 bridgehead atoms. The van der Waals surface area contributed by atoms with Crippen molar-refractivity contribution in [1.29, 1.82) is 0 Å². The van der Waals surface area contributed by atoms with E-state index in [0.29, 0.717) is 24.8 Å². The third-order valence-corrected chi connectivity index (χ3v) is 6.10. The Hall–Kier alpha value is -3.54. The van der Waals surface area contributed by atoms with Crippen LogP contribution in [-0.2, 0) is 34.9 Å². The molecule has 3 unspecified atom stereocenters. The SMILES string of the molecule is CCCCOC(=O)OC(C)C(C)OC(=O)[C@@H](N)Cc1ccc(OC(=O)O[C@@H](C)CCC)c(OC(=O)OC(C)CCC)c1. The molecule has 238 valence electrons. The Labute approximate surface area is 248 Å². The van der Waals surface area contributed by atoms with Crippen LogP contribution in [0.1, 0.15) is 92.6 Å². The molecule has 0 saturated carbocycles. The van der Waals surface area contributed by atoms with E-state index in [1.165, 1.54) is 12.1 Å². The predicted octanol–water partition coefficient (Wildman–Crippen LogP) is 6.24. The lowest BCUT2D eigenvalue weighted by Crippen LogP contribution is -2.39. The smallest absolute Gasteiger partial charge is 0.458 e. The van der Waals surface area contributed by atoms with Crippen molar-refractivity contribution in [2.45, 2.75) is 124 Å². The Morgan fingerprint density at radius 2 is 1.26 bits per heavy atom. The maximum absolute atomic E-state index is 12.7. The van der Waals surface area contributed by atoms with Crippen molar-refractivity contribution in [3.05, 3.63) is 23.8 Å². The van der Waals surface area contributed by atoms with Crippen LogP contribution in [0.15, 0.2) is 18.2 Å². The summed E-state index contributed by atoms with van der Waals surface area (Å²) < 4.78 is 36.6. The van der Waals surface area contributed by atoms with E-state index in [0.717, 1.165) is 19.3 Å². The second kappa shape index (κ2) is 19.6. The van der Waals surface area contributed by atoms with Gasteiger partial charge in [0.15, 0.2) is 11.5 Å². The Morgan fingerprint density at radius 3 is 1.81 bits per heavy atom. The summed E-state index contributed by atoms with van der Waals surface area (Å²) in [5, 5.41) is 0. The standard InChI is InChI=1S/C30H47NO11/c1-8-11-16-36-28(33)40-22(7)21(6)39-27(32)24(31)17-23-14-15-25(41-29(34)37-19(4)12-9-2)26(18-23)42-30(35)38-20(5)13-10-3/h14-15,18-22,24H,8-13,16-17,31H2,1-7H3/t19-,20?,21?,22?,24-/m0/s1. The van der Waals surface area contributed by atoms with Gasteiger partial charge in [-0.25, -0.2) is 14.4 Å². The first-order chi connectivity index (χ1) is 19.9. The number of unbranched alkanes of at least 4 members (excludes halogenated alkanes) is 1. The number of hydrogen-bond donors (Lipinski definition) is 1. The average molecular weight is 598 g/mol. The Balaban J connectivity index is 2.93. The van der Waals surface area contributed by atoms with Gasteiger partial charge in [-0.2, -0.15) is 0 Å². The highest BCUT2D eigenvalue weighted by Gasteiger charge is 2.26. The number of nitrogens with two attached hydrogens (primary N) is 1. The number of ether oxygens (including phenoxy) is 7. The number of carbonyl (C=O) groups is 4. The molecule has 0 saturated heterocycles. The molecule has 42 heavy (non-hydrogen) atoms. The highest BCUT2D eigenvalue weighted by Crippen LogP contribution is 2.30. The van der Waals surface area contributed by atoms with E-state index in [2.05, 4.69) is 0 Å². The van der Waals surface area contributed by atoms with Gasteiger partial charge < -0.3 is 38.9 Å². The van der Waals surface area contributed by atoms with Crippen molar-refractivity contribution in [3.8, 4) is 11.5 Å². The number of hydrogen-bond acceptors (Lipinski definition) is 12. The van der Waals surface area contributed by atoms with Crippen LogP contribution in [0.2, 0.25) is 0 Å². The molecule has 0 heterocycles. The Bertz CT molecular complexity index is 999. The van der Waals surface area contributed by atoms with Crippen LogP contribution < -0.4 is 15.2 Å². The molecule has 0 amide bonds. The zero-order valence-electron chi connectivity index (χ0n) is 25.8. The van der Waals surface area contributed by atoms with Crippen LogP contribution in [-0.4, -0.2) is 61.5 Å². The fraction of sp³-hybridized carbons (Fsp3) is 0.667. The van der Waals surface area contributed by atoms with Crippen LogP contribution in [0.5, 0.6) is 11.5 Å². The average Bonchev–Trinajstić information content (AvgIpc) is 2.90. The topological polar surface area (TPSA) is 159 Å². The minimum Gasteiger partial charge on any atom is -0.458 e. The lowest BCUT2D eigenvalue weighted by atomic mass is 10.1. The first-order valence-corrected chi connectivity index (χ1v) is 14.6. The molecule has 0 spiro atoms. The molecular weight excluding hydrogens is 550 g/mol. The molecule has 12 nitrogen and oxygen atoms in total. The van der Waals surface area contributed by atoms with E-state index >= 15 is 0 Å². The van der Waals surface area contributed by atoms with Gasteiger partial charge in [0.05, 0.1) is 6.61 Å².